The fourth-order valence-corrected chi connectivity index (χ4v) is 2.09. The van der Waals surface area contributed by atoms with Gasteiger partial charge in [-0.1, -0.05) is 19.1 Å². The van der Waals surface area contributed by atoms with Gasteiger partial charge in [0.05, 0.1) is 5.69 Å². The molecule has 0 bridgehead atoms. The maximum Gasteiger partial charge on any atom is 0.159 e. The summed E-state index contributed by atoms with van der Waals surface area (Å²) in [5.41, 5.74) is 3.01. The van der Waals surface area contributed by atoms with Gasteiger partial charge in [0.1, 0.15) is 5.82 Å². The second kappa shape index (κ2) is 5.87. The molecule has 2 rings (SSSR count). The normalized spacial score (nSPS) is 10.4. The Morgan fingerprint density at radius 3 is 2.30 bits per heavy atom. The molecule has 3 heteroatoms. The van der Waals surface area contributed by atoms with Gasteiger partial charge in [-0.2, -0.15) is 0 Å². The van der Waals surface area contributed by atoms with E-state index in [0.29, 0.717) is 11.3 Å². The molecule has 0 unspecified atom stereocenters. The van der Waals surface area contributed by atoms with Crippen LogP contribution >= 0.6 is 0 Å². The Balaban J connectivity index is 2.32. The third-order valence-corrected chi connectivity index (χ3v) is 3.45. The third kappa shape index (κ3) is 2.87. The molecule has 2 aromatic rings. The van der Waals surface area contributed by atoms with Gasteiger partial charge in [-0.05, 0) is 49.2 Å². The van der Waals surface area contributed by atoms with Crippen LogP contribution in [0.5, 0.6) is 0 Å². The van der Waals surface area contributed by atoms with E-state index in [-0.39, 0.29) is 11.6 Å². The summed E-state index contributed by atoms with van der Waals surface area (Å²) in [5.74, 6) is -0.523. The van der Waals surface area contributed by atoms with Crippen LogP contribution in [0.25, 0.3) is 0 Å². The lowest BCUT2D eigenvalue weighted by Crippen LogP contribution is -2.11. The van der Waals surface area contributed by atoms with Crippen molar-refractivity contribution in [1.29, 1.82) is 0 Å². The van der Waals surface area contributed by atoms with Crippen molar-refractivity contribution in [1.82, 2.24) is 0 Å². The van der Waals surface area contributed by atoms with E-state index in [9.17, 15) is 9.18 Å². The lowest BCUT2D eigenvalue weighted by molar-refractivity contribution is 0.101. The second-order valence-corrected chi connectivity index (χ2v) is 4.80. The molecule has 0 fully saturated rings. The number of halogens is 1. The fraction of sp³-hybridized carbons (Fsp3) is 0.235. The first-order valence-electron chi connectivity index (χ1n) is 6.66. The summed E-state index contributed by atoms with van der Waals surface area (Å²) in [5, 5.41) is 0. The van der Waals surface area contributed by atoms with Gasteiger partial charge in [-0.15, -0.1) is 0 Å². The van der Waals surface area contributed by atoms with Crippen molar-refractivity contribution >= 4 is 17.2 Å². The smallest absolute Gasteiger partial charge is 0.159 e. The third-order valence-electron chi connectivity index (χ3n) is 3.45. The van der Waals surface area contributed by atoms with Crippen molar-refractivity contribution in [3.63, 3.8) is 0 Å². The summed E-state index contributed by atoms with van der Waals surface area (Å²) >= 11 is 0. The molecule has 0 atom stereocenters. The Kier molecular flexibility index (Phi) is 4.18. The Bertz CT molecular complexity index is 619. The number of ketones is 1. The number of aryl methyl sites for hydroxylation is 1. The highest BCUT2D eigenvalue weighted by Gasteiger charge is 2.11. The van der Waals surface area contributed by atoms with Gasteiger partial charge in [-0.3, -0.25) is 4.79 Å². The van der Waals surface area contributed by atoms with Crippen molar-refractivity contribution < 1.29 is 9.18 Å². The highest BCUT2D eigenvalue weighted by molar-refractivity contribution is 5.94. The van der Waals surface area contributed by atoms with E-state index < -0.39 is 0 Å². The summed E-state index contributed by atoms with van der Waals surface area (Å²) in [7, 11) is 1.81. The Hall–Kier alpha value is -2.16. The number of carbonyl (C=O) groups is 1. The average molecular weight is 271 g/mol. The highest BCUT2D eigenvalue weighted by atomic mass is 19.1. The van der Waals surface area contributed by atoms with E-state index in [4.69, 9.17) is 0 Å². The molecule has 0 aromatic heterocycles. The number of anilines is 2. The number of nitrogens with zero attached hydrogens (tertiary/aromatic N) is 1. The largest absolute Gasteiger partial charge is 0.342 e. The minimum absolute atomic E-state index is 0.134. The predicted octanol–water partition coefficient (Wildman–Crippen LogP) is 4.36. The van der Waals surface area contributed by atoms with Crippen LogP contribution in [0.2, 0.25) is 0 Å². The molecule has 0 saturated heterocycles. The number of rotatable bonds is 4. The van der Waals surface area contributed by atoms with Crippen molar-refractivity contribution in [3.05, 3.63) is 59.4 Å². The molecule has 0 aliphatic heterocycles. The maximum absolute atomic E-state index is 14.1. The standard InChI is InChI=1S/C17H18FNO/c1-4-13-5-8-15(9-6-13)19(3)17-10-7-14(12(2)20)11-16(17)18/h5-11H,4H2,1-3H3. The SMILES string of the molecule is CCc1ccc(N(C)c2ccc(C(C)=O)cc2F)cc1. The summed E-state index contributed by atoms with van der Waals surface area (Å²) in [6.45, 7) is 3.53. The van der Waals surface area contributed by atoms with Crippen LogP contribution in [-0.4, -0.2) is 12.8 Å². The first-order valence-corrected chi connectivity index (χ1v) is 6.66. The number of carbonyl (C=O) groups excluding carboxylic acids is 1. The summed E-state index contributed by atoms with van der Waals surface area (Å²) in [4.78, 5) is 13.0. The van der Waals surface area contributed by atoms with Gasteiger partial charge < -0.3 is 4.90 Å². The Labute approximate surface area is 118 Å². The molecule has 0 saturated carbocycles. The molecule has 20 heavy (non-hydrogen) atoms. The van der Waals surface area contributed by atoms with Gasteiger partial charge in [0.25, 0.3) is 0 Å². The summed E-state index contributed by atoms with van der Waals surface area (Å²) in [6, 6.07) is 12.6. The molecule has 0 N–H and O–H groups in total. The van der Waals surface area contributed by atoms with Crippen molar-refractivity contribution in [2.45, 2.75) is 20.3 Å². The van der Waals surface area contributed by atoms with E-state index in [0.717, 1.165) is 12.1 Å². The minimum Gasteiger partial charge on any atom is -0.342 e. The Morgan fingerprint density at radius 2 is 1.80 bits per heavy atom. The topological polar surface area (TPSA) is 20.3 Å². The maximum atomic E-state index is 14.1. The lowest BCUT2D eigenvalue weighted by atomic mass is 10.1. The zero-order chi connectivity index (χ0) is 14.7. The number of hydrogen-bond acceptors (Lipinski definition) is 2. The van der Waals surface area contributed by atoms with E-state index in [1.807, 2.05) is 31.3 Å². The minimum atomic E-state index is -0.389. The second-order valence-electron chi connectivity index (χ2n) is 4.80. The summed E-state index contributed by atoms with van der Waals surface area (Å²) < 4.78 is 14.1. The van der Waals surface area contributed by atoms with Crippen LogP contribution < -0.4 is 4.90 Å². The van der Waals surface area contributed by atoms with Gasteiger partial charge in [0.2, 0.25) is 0 Å². The van der Waals surface area contributed by atoms with Gasteiger partial charge in [-0.25, -0.2) is 4.39 Å². The molecule has 0 heterocycles. The molecule has 2 nitrogen and oxygen atoms in total. The van der Waals surface area contributed by atoms with Crippen molar-refractivity contribution in [2.24, 2.45) is 0 Å². The van der Waals surface area contributed by atoms with Crippen LogP contribution in [0, 0.1) is 5.82 Å². The fourth-order valence-electron chi connectivity index (χ4n) is 2.09. The molecule has 0 spiro atoms. The van der Waals surface area contributed by atoms with E-state index in [1.54, 1.807) is 17.0 Å². The van der Waals surface area contributed by atoms with Crippen molar-refractivity contribution in [2.75, 3.05) is 11.9 Å². The average Bonchev–Trinajstić information content (AvgIpc) is 2.46. The van der Waals surface area contributed by atoms with Crippen LogP contribution in [-0.2, 0) is 6.42 Å². The molecule has 0 amide bonds. The summed E-state index contributed by atoms with van der Waals surface area (Å²) in [6.07, 6.45) is 0.978. The van der Waals surface area contributed by atoms with Crippen LogP contribution in [0.3, 0.4) is 0 Å². The first kappa shape index (κ1) is 14.3. The van der Waals surface area contributed by atoms with E-state index >= 15 is 0 Å². The molecular formula is C17H18FNO. The van der Waals surface area contributed by atoms with E-state index in [1.165, 1.54) is 18.6 Å². The zero-order valence-electron chi connectivity index (χ0n) is 12.0. The first-order chi connectivity index (χ1) is 9.52. The Morgan fingerprint density at radius 1 is 1.15 bits per heavy atom. The van der Waals surface area contributed by atoms with Crippen LogP contribution in [0.4, 0.5) is 15.8 Å². The van der Waals surface area contributed by atoms with Crippen molar-refractivity contribution in [3.8, 4) is 0 Å². The zero-order valence-corrected chi connectivity index (χ0v) is 12.0. The van der Waals surface area contributed by atoms with Gasteiger partial charge in [0, 0.05) is 18.3 Å². The lowest BCUT2D eigenvalue weighted by Gasteiger charge is -2.20. The van der Waals surface area contributed by atoms with Crippen LogP contribution in [0.15, 0.2) is 42.5 Å². The molecular weight excluding hydrogens is 253 g/mol. The monoisotopic (exact) mass is 271 g/mol. The molecule has 0 aliphatic rings. The van der Waals surface area contributed by atoms with Gasteiger partial charge >= 0.3 is 0 Å². The molecule has 0 aliphatic carbocycles. The number of Topliss-reactive ketones (excluding diaryl/α,β-unsaturated/α-hetero) is 1. The van der Waals surface area contributed by atoms with E-state index in [2.05, 4.69) is 6.92 Å². The number of benzene rings is 2. The molecule has 2 aromatic carbocycles. The molecule has 0 radical (unpaired) electrons. The molecule has 104 valence electrons. The van der Waals surface area contributed by atoms with Crippen LogP contribution in [0.1, 0.15) is 29.8 Å². The van der Waals surface area contributed by atoms with Gasteiger partial charge in [0.15, 0.2) is 5.78 Å². The number of hydrogen-bond donors (Lipinski definition) is 0. The highest BCUT2D eigenvalue weighted by Crippen LogP contribution is 2.27. The predicted molar refractivity (Wildman–Crippen MR) is 80.3 cm³/mol. The quantitative estimate of drug-likeness (QED) is 0.770.